The van der Waals surface area contributed by atoms with Crippen LogP contribution >= 0.6 is 0 Å². The number of hydrogen-bond donors (Lipinski definition) is 1. The minimum atomic E-state index is -0.346. The number of pyridine rings is 1. The van der Waals surface area contributed by atoms with E-state index in [-0.39, 0.29) is 18.3 Å². The smallest absolute Gasteiger partial charge is 0.170 e. The fourth-order valence-electron chi connectivity index (χ4n) is 2.32. The summed E-state index contributed by atoms with van der Waals surface area (Å²) >= 11 is 0. The van der Waals surface area contributed by atoms with E-state index in [1.165, 1.54) is 12.1 Å². The summed E-state index contributed by atoms with van der Waals surface area (Å²) in [6.45, 7) is 0.0716. The molecule has 3 rings (SSSR count). The van der Waals surface area contributed by atoms with Gasteiger partial charge in [-0.15, -0.1) is 0 Å². The monoisotopic (exact) mass is 325 g/mol. The van der Waals surface area contributed by atoms with Crippen molar-refractivity contribution < 1.29 is 14.0 Å². The number of hydrogen-bond acceptors (Lipinski definition) is 4. The highest BCUT2D eigenvalue weighted by Gasteiger charge is 2.06. The Bertz CT molecular complexity index is 879. The summed E-state index contributed by atoms with van der Waals surface area (Å²) in [4.78, 5) is 9.54. The lowest BCUT2D eigenvalue weighted by atomic mass is 10.1. The molecule has 3 aromatic rings. The van der Waals surface area contributed by atoms with Crippen molar-refractivity contribution >= 4 is 16.7 Å². The average molecular weight is 325 g/mol. The SMILES string of the molecule is COc1ccc(/C(N)=N/OCc2cc(F)cc3cccnc23)cc1. The Morgan fingerprint density at radius 2 is 2.00 bits per heavy atom. The van der Waals surface area contributed by atoms with Crippen LogP contribution in [0.25, 0.3) is 10.9 Å². The van der Waals surface area contributed by atoms with Gasteiger partial charge in [-0.05, 0) is 42.5 Å². The van der Waals surface area contributed by atoms with Gasteiger partial charge < -0.3 is 15.3 Å². The molecule has 0 radical (unpaired) electrons. The molecule has 0 unspecified atom stereocenters. The Hall–Kier alpha value is -3.15. The van der Waals surface area contributed by atoms with Gasteiger partial charge in [0.25, 0.3) is 0 Å². The first kappa shape index (κ1) is 15.7. The van der Waals surface area contributed by atoms with Gasteiger partial charge in [0, 0.05) is 22.7 Å². The second-order valence-electron chi connectivity index (χ2n) is 5.12. The van der Waals surface area contributed by atoms with E-state index in [1.807, 2.05) is 0 Å². The molecule has 0 aliphatic rings. The largest absolute Gasteiger partial charge is 0.497 e. The predicted octanol–water partition coefficient (Wildman–Crippen LogP) is 3.22. The highest BCUT2D eigenvalue weighted by atomic mass is 19.1. The molecule has 2 aromatic carbocycles. The maximum atomic E-state index is 13.7. The predicted molar refractivity (Wildman–Crippen MR) is 90.2 cm³/mol. The fourth-order valence-corrected chi connectivity index (χ4v) is 2.32. The minimum absolute atomic E-state index is 0.0716. The molecule has 2 N–H and O–H groups in total. The molecule has 0 atom stereocenters. The molecule has 1 heterocycles. The number of benzene rings is 2. The van der Waals surface area contributed by atoms with Crippen LogP contribution in [0.4, 0.5) is 4.39 Å². The van der Waals surface area contributed by atoms with Crippen LogP contribution < -0.4 is 10.5 Å². The number of amidine groups is 1. The summed E-state index contributed by atoms with van der Waals surface area (Å²) in [5.41, 5.74) is 7.88. The Balaban J connectivity index is 1.75. The van der Waals surface area contributed by atoms with Crippen molar-refractivity contribution in [1.29, 1.82) is 0 Å². The molecule has 0 fully saturated rings. The van der Waals surface area contributed by atoms with Crippen LogP contribution in [-0.4, -0.2) is 17.9 Å². The van der Waals surface area contributed by atoms with Gasteiger partial charge in [-0.3, -0.25) is 4.98 Å². The molecule has 0 aliphatic heterocycles. The van der Waals surface area contributed by atoms with Crippen LogP contribution in [0.15, 0.2) is 59.9 Å². The average Bonchev–Trinajstić information content (AvgIpc) is 2.61. The molecule has 5 nitrogen and oxygen atoms in total. The molecule has 24 heavy (non-hydrogen) atoms. The lowest BCUT2D eigenvalue weighted by Crippen LogP contribution is -2.13. The van der Waals surface area contributed by atoms with E-state index in [2.05, 4.69) is 10.1 Å². The highest BCUT2D eigenvalue weighted by molar-refractivity contribution is 5.97. The number of methoxy groups -OCH3 is 1. The molecule has 0 spiro atoms. The molecular weight excluding hydrogens is 309 g/mol. The molecule has 122 valence electrons. The number of halogens is 1. The Morgan fingerprint density at radius 1 is 1.21 bits per heavy atom. The standard InChI is InChI=1S/C18H16FN3O2/c1-23-16-6-4-12(5-7-16)18(20)22-24-11-14-10-15(19)9-13-3-2-8-21-17(13)14/h2-10H,11H2,1H3,(H2,20,22). The van der Waals surface area contributed by atoms with Crippen molar-refractivity contribution in [2.75, 3.05) is 7.11 Å². The first-order chi connectivity index (χ1) is 11.7. The third-order valence-corrected chi connectivity index (χ3v) is 3.52. The Labute approximate surface area is 138 Å². The summed E-state index contributed by atoms with van der Waals surface area (Å²) in [6, 6.07) is 13.5. The molecule has 0 bridgehead atoms. The molecule has 0 saturated heterocycles. The van der Waals surface area contributed by atoms with Gasteiger partial charge in [-0.25, -0.2) is 4.39 Å². The first-order valence-corrected chi connectivity index (χ1v) is 7.30. The van der Waals surface area contributed by atoms with Gasteiger partial charge in [0.15, 0.2) is 5.84 Å². The van der Waals surface area contributed by atoms with Crippen molar-refractivity contribution in [2.24, 2.45) is 10.9 Å². The number of ether oxygens (including phenoxy) is 1. The van der Waals surface area contributed by atoms with Gasteiger partial charge in [0.05, 0.1) is 12.6 Å². The Morgan fingerprint density at radius 3 is 2.75 bits per heavy atom. The van der Waals surface area contributed by atoms with E-state index in [0.717, 1.165) is 5.75 Å². The number of nitrogens with zero attached hydrogens (tertiary/aromatic N) is 2. The number of nitrogens with two attached hydrogens (primary N) is 1. The molecule has 1 aromatic heterocycles. The van der Waals surface area contributed by atoms with Crippen molar-refractivity contribution in [3.05, 3.63) is 71.7 Å². The lowest BCUT2D eigenvalue weighted by Gasteiger charge is -2.06. The van der Waals surface area contributed by atoms with Crippen LogP contribution in [-0.2, 0) is 11.4 Å². The molecule has 0 amide bonds. The van der Waals surface area contributed by atoms with Crippen molar-refractivity contribution in [1.82, 2.24) is 4.98 Å². The number of aromatic nitrogens is 1. The lowest BCUT2D eigenvalue weighted by molar-refractivity contribution is 0.131. The van der Waals surface area contributed by atoms with Gasteiger partial charge in [0.2, 0.25) is 0 Å². The van der Waals surface area contributed by atoms with Gasteiger partial charge >= 0.3 is 0 Å². The van der Waals surface area contributed by atoms with Crippen LogP contribution in [0.1, 0.15) is 11.1 Å². The number of rotatable bonds is 5. The fraction of sp³-hybridized carbons (Fsp3) is 0.111. The summed E-state index contributed by atoms with van der Waals surface area (Å²) in [6.07, 6.45) is 1.65. The topological polar surface area (TPSA) is 69.7 Å². The zero-order valence-corrected chi connectivity index (χ0v) is 13.1. The van der Waals surface area contributed by atoms with Crippen molar-refractivity contribution in [3.8, 4) is 5.75 Å². The second kappa shape index (κ2) is 6.95. The third kappa shape index (κ3) is 3.43. The van der Waals surface area contributed by atoms with E-state index >= 15 is 0 Å². The summed E-state index contributed by atoms with van der Waals surface area (Å²) in [5, 5.41) is 4.60. The van der Waals surface area contributed by atoms with Gasteiger partial charge in [-0.1, -0.05) is 11.2 Å². The van der Waals surface area contributed by atoms with E-state index in [4.69, 9.17) is 15.3 Å². The maximum Gasteiger partial charge on any atom is 0.170 e. The zero-order chi connectivity index (χ0) is 16.9. The van der Waals surface area contributed by atoms with Gasteiger partial charge in [0.1, 0.15) is 18.2 Å². The quantitative estimate of drug-likeness (QED) is 0.444. The summed E-state index contributed by atoms with van der Waals surface area (Å²) < 4.78 is 18.7. The van der Waals surface area contributed by atoms with E-state index in [0.29, 0.717) is 22.0 Å². The minimum Gasteiger partial charge on any atom is -0.497 e. The number of fused-ring (bicyclic) bond motifs is 1. The highest BCUT2D eigenvalue weighted by Crippen LogP contribution is 2.19. The summed E-state index contributed by atoms with van der Waals surface area (Å²) in [5.74, 6) is 0.609. The van der Waals surface area contributed by atoms with Crippen LogP contribution in [0.3, 0.4) is 0 Å². The van der Waals surface area contributed by atoms with E-state index in [9.17, 15) is 4.39 Å². The number of oxime groups is 1. The van der Waals surface area contributed by atoms with Crippen molar-refractivity contribution in [2.45, 2.75) is 6.61 Å². The van der Waals surface area contributed by atoms with Gasteiger partial charge in [-0.2, -0.15) is 0 Å². The molecule has 0 aliphatic carbocycles. The van der Waals surface area contributed by atoms with E-state index < -0.39 is 0 Å². The zero-order valence-electron chi connectivity index (χ0n) is 13.1. The van der Waals surface area contributed by atoms with Crippen LogP contribution in [0.2, 0.25) is 0 Å². The third-order valence-electron chi connectivity index (χ3n) is 3.52. The molecule has 0 saturated carbocycles. The first-order valence-electron chi connectivity index (χ1n) is 7.30. The van der Waals surface area contributed by atoms with E-state index in [1.54, 1.807) is 49.7 Å². The Kier molecular flexibility index (Phi) is 4.56. The molecular formula is C18H16FN3O2. The van der Waals surface area contributed by atoms with Crippen LogP contribution in [0, 0.1) is 5.82 Å². The van der Waals surface area contributed by atoms with Crippen molar-refractivity contribution in [3.63, 3.8) is 0 Å². The molecule has 6 heteroatoms. The van der Waals surface area contributed by atoms with Crippen LogP contribution in [0.5, 0.6) is 5.75 Å². The normalized spacial score (nSPS) is 11.5. The summed E-state index contributed by atoms with van der Waals surface area (Å²) in [7, 11) is 1.59. The maximum absolute atomic E-state index is 13.7. The second-order valence-corrected chi connectivity index (χ2v) is 5.12.